The summed E-state index contributed by atoms with van der Waals surface area (Å²) in [6.45, 7) is 5.94. The molecule has 3 aromatic rings. The topological polar surface area (TPSA) is 95.7 Å². The molecule has 1 aromatic heterocycles. The highest BCUT2D eigenvalue weighted by atomic mass is 32.2. The van der Waals surface area contributed by atoms with Gasteiger partial charge in [-0.05, 0) is 74.1 Å². The van der Waals surface area contributed by atoms with Gasteiger partial charge in [0.15, 0.2) is 0 Å². The van der Waals surface area contributed by atoms with Gasteiger partial charge in [0, 0.05) is 55.8 Å². The zero-order chi connectivity index (χ0) is 27.6. The number of piperidine rings is 1. The molecule has 0 atom stereocenters. The van der Waals surface area contributed by atoms with E-state index in [1.54, 1.807) is 17.0 Å². The third-order valence-corrected chi connectivity index (χ3v) is 10.3. The molecule has 0 aliphatic carbocycles. The number of alkyl halides is 2. The number of sulfonamides is 1. The number of rotatable bonds is 4. The quantitative estimate of drug-likeness (QED) is 0.522. The Balaban J connectivity index is 1.31. The molecule has 0 spiro atoms. The van der Waals surface area contributed by atoms with Crippen molar-refractivity contribution in [1.29, 1.82) is 0 Å². The fourth-order valence-electron chi connectivity index (χ4n) is 5.97. The normalized spacial score (nSPS) is 21.4. The number of hydrogen-bond donors (Lipinski definition) is 1. The van der Waals surface area contributed by atoms with E-state index >= 15 is 0 Å². The summed E-state index contributed by atoms with van der Waals surface area (Å²) >= 11 is 0. The van der Waals surface area contributed by atoms with Crippen LogP contribution in [0.4, 0.5) is 20.3 Å². The fourth-order valence-corrected chi connectivity index (χ4v) is 7.46. The van der Waals surface area contributed by atoms with Crippen LogP contribution in [0.15, 0.2) is 41.6 Å². The maximum absolute atomic E-state index is 13.9. The second-order valence-electron chi connectivity index (χ2n) is 11.5. The van der Waals surface area contributed by atoms with Crippen LogP contribution in [0.25, 0.3) is 10.9 Å². The molecule has 0 radical (unpaired) electrons. The summed E-state index contributed by atoms with van der Waals surface area (Å²) in [4.78, 5) is 13.2. The zero-order valence-corrected chi connectivity index (χ0v) is 23.1. The van der Waals surface area contributed by atoms with Gasteiger partial charge in [-0.2, -0.15) is 4.31 Å². The van der Waals surface area contributed by atoms with E-state index in [2.05, 4.69) is 14.9 Å². The van der Waals surface area contributed by atoms with Crippen molar-refractivity contribution >= 4 is 32.4 Å². The number of halogens is 2. The Kier molecular flexibility index (Phi) is 6.31. The van der Waals surface area contributed by atoms with Gasteiger partial charge in [0.25, 0.3) is 5.92 Å². The molecule has 2 N–H and O–H groups in total. The molecular weight excluding hydrogens is 522 g/mol. The van der Waals surface area contributed by atoms with Crippen LogP contribution < -0.4 is 15.5 Å². The molecule has 3 aliphatic heterocycles. The van der Waals surface area contributed by atoms with Crippen LogP contribution >= 0.6 is 0 Å². The number of nitrogens with zero attached hydrogens (tertiary/aromatic N) is 5. The molecule has 0 saturated carbocycles. The van der Waals surface area contributed by atoms with Crippen molar-refractivity contribution < 1.29 is 17.2 Å². The highest BCUT2D eigenvalue weighted by Gasteiger charge is 2.38. The van der Waals surface area contributed by atoms with Gasteiger partial charge in [-0.15, -0.1) is 0 Å². The van der Waals surface area contributed by atoms with Crippen molar-refractivity contribution in [1.82, 2.24) is 14.3 Å². The number of aromatic nitrogens is 2. The van der Waals surface area contributed by atoms with Crippen LogP contribution in [-0.2, 0) is 23.0 Å². The maximum Gasteiger partial charge on any atom is 0.266 e. The summed E-state index contributed by atoms with van der Waals surface area (Å²) in [5, 5.41) is 0.813. The minimum absolute atomic E-state index is 0.153. The summed E-state index contributed by atoms with van der Waals surface area (Å²) in [5.41, 5.74) is 10.4. The van der Waals surface area contributed by atoms with Crippen LogP contribution in [0.2, 0.25) is 0 Å². The highest BCUT2D eigenvalue weighted by Crippen LogP contribution is 2.37. The molecule has 0 unspecified atom stereocenters. The third kappa shape index (κ3) is 4.96. The molecule has 3 aliphatic rings. The molecule has 208 valence electrons. The van der Waals surface area contributed by atoms with Crippen molar-refractivity contribution in [2.45, 2.75) is 62.4 Å². The Morgan fingerprint density at radius 2 is 1.72 bits per heavy atom. The Labute approximate surface area is 227 Å². The SMILES string of the molecule is Cc1cc(N2CCC(F)(F)C2)cc2c(N3CCc4ccc(S(=O)(=O)N5CCC(C)(N)CC5)cc4C3)ncnc12. The van der Waals surface area contributed by atoms with Crippen molar-refractivity contribution in [2.75, 3.05) is 42.5 Å². The van der Waals surface area contributed by atoms with Crippen molar-refractivity contribution in [3.63, 3.8) is 0 Å². The Morgan fingerprint density at radius 3 is 2.44 bits per heavy atom. The molecule has 0 amide bonds. The fraction of sp³-hybridized carbons (Fsp3) is 0.500. The van der Waals surface area contributed by atoms with E-state index in [1.807, 2.05) is 32.0 Å². The first-order chi connectivity index (χ1) is 18.4. The van der Waals surface area contributed by atoms with Gasteiger partial charge in [-0.1, -0.05) is 6.07 Å². The van der Waals surface area contributed by atoms with Crippen LogP contribution in [0.1, 0.15) is 42.9 Å². The standard InChI is InChI=1S/C28H34F2N6O2S/c1-19-13-22(35-10-8-28(29,30)17-35)15-24-25(19)32-18-33-26(24)34-9-5-20-3-4-23(14-21(20)16-34)39(37,38)36-11-6-27(2,31)7-12-36/h3-4,13-15,18H,5-12,16-17,31H2,1-2H3. The molecule has 39 heavy (non-hydrogen) atoms. The minimum atomic E-state index is -3.63. The van der Waals surface area contributed by atoms with Crippen LogP contribution in [0.3, 0.4) is 0 Å². The van der Waals surface area contributed by atoms with E-state index in [9.17, 15) is 17.2 Å². The van der Waals surface area contributed by atoms with Gasteiger partial charge >= 0.3 is 0 Å². The monoisotopic (exact) mass is 556 g/mol. The van der Waals surface area contributed by atoms with E-state index in [-0.39, 0.29) is 18.5 Å². The average Bonchev–Trinajstić information content (AvgIpc) is 3.27. The first-order valence-electron chi connectivity index (χ1n) is 13.5. The lowest BCUT2D eigenvalue weighted by molar-refractivity contribution is 0.0257. The summed E-state index contributed by atoms with van der Waals surface area (Å²) in [6, 6.07) is 9.25. The second-order valence-corrected chi connectivity index (χ2v) is 13.5. The lowest BCUT2D eigenvalue weighted by Crippen LogP contribution is -2.49. The van der Waals surface area contributed by atoms with E-state index in [4.69, 9.17) is 5.73 Å². The van der Waals surface area contributed by atoms with Gasteiger partial charge in [0.1, 0.15) is 12.1 Å². The van der Waals surface area contributed by atoms with E-state index in [0.29, 0.717) is 50.5 Å². The van der Waals surface area contributed by atoms with E-state index in [0.717, 1.165) is 45.5 Å². The van der Waals surface area contributed by atoms with Gasteiger partial charge < -0.3 is 15.5 Å². The van der Waals surface area contributed by atoms with Crippen LogP contribution in [-0.4, -0.2) is 66.9 Å². The summed E-state index contributed by atoms with van der Waals surface area (Å²) in [7, 11) is -3.63. The predicted octanol–water partition coefficient (Wildman–Crippen LogP) is 3.85. The smallest absolute Gasteiger partial charge is 0.266 e. The molecule has 0 bridgehead atoms. The Bertz CT molecular complexity index is 1530. The number of fused-ring (bicyclic) bond motifs is 2. The third-order valence-electron chi connectivity index (χ3n) is 8.42. The summed E-state index contributed by atoms with van der Waals surface area (Å²) in [6.07, 6.45) is 3.38. The van der Waals surface area contributed by atoms with Gasteiger partial charge in [0.05, 0.1) is 17.0 Å². The maximum atomic E-state index is 13.9. The van der Waals surface area contributed by atoms with Crippen LogP contribution in [0.5, 0.6) is 0 Å². The largest absolute Gasteiger partial charge is 0.365 e. The van der Waals surface area contributed by atoms with Crippen molar-refractivity contribution in [2.24, 2.45) is 5.73 Å². The van der Waals surface area contributed by atoms with Crippen molar-refractivity contribution in [3.8, 4) is 0 Å². The number of benzene rings is 2. The summed E-state index contributed by atoms with van der Waals surface area (Å²) in [5.74, 6) is -1.96. The molecule has 11 heteroatoms. The summed E-state index contributed by atoms with van der Waals surface area (Å²) < 4.78 is 56.3. The average molecular weight is 557 g/mol. The lowest BCUT2D eigenvalue weighted by atomic mass is 9.92. The van der Waals surface area contributed by atoms with Crippen LogP contribution in [0, 0.1) is 6.92 Å². The number of hydrogen-bond acceptors (Lipinski definition) is 7. The zero-order valence-electron chi connectivity index (χ0n) is 22.3. The Hall–Kier alpha value is -2.89. The molecule has 2 fully saturated rings. The van der Waals surface area contributed by atoms with Gasteiger partial charge in [-0.25, -0.2) is 27.2 Å². The number of aryl methyl sites for hydroxylation is 1. The Morgan fingerprint density at radius 1 is 0.949 bits per heavy atom. The minimum Gasteiger partial charge on any atom is -0.365 e. The number of nitrogens with two attached hydrogens (primary N) is 1. The molecule has 6 rings (SSSR count). The van der Waals surface area contributed by atoms with E-state index in [1.165, 1.54) is 10.6 Å². The molecule has 2 saturated heterocycles. The molecule has 2 aromatic carbocycles. The molecule has 8 nitrogen and oxygen atoms in total. The molecular formula is C28H34F2N6O2S. The highest BCUT2D eigenvalue weighted by molar-refractivity contribution is 7.89. The van der Waals surface area contributed by atoms with Gasteiger partial charge in [-0.3, -0.25) is 0 Å². The lowest BCUT2D eigenvalue weighted by Gasteiger charge is -2.36. The molecule has 4 heterocycles. The van der Waals surface area contributed by atoms with E-state index < -0.39 is 15.9 Å². The predicted molar refractivity (Wildman–Crippen MR) is 148 cm³/mol. The first-order valence-corrected chi connectivity index (χ1v) is 14.9. The second kappa shape index (κ2) is 9.35. The first kappa shape index (κ1) is 26.3. The van der Waals surface area contributed by atoms with Crippen molar-refractivity contribution in [3.05, 3.63) is 53.3 Å². The number of anilines is 2. The van der Waals surface area contributed by atoms with Gasteiger partial charge in [0.2, 0.25) is 10.0 Å².